The lowest BCUT2D eigenvalue weighted by atomic mass is 10.5. The van der Waals surface area contributed by atoms with Crippen LogP contribution in [-0.2, 0) is 24.1 Å². The Morgan fingerprint density at radius 3 is 2.56 bits per heavy atom. The van der Waals surface area contributed by atoms with Crippen molar-refractivity contribution in [2.45, 2.75) is 11.3 Å². The summed E-state index contributed by atoms with van der Waals surface area (Å²) in [4.78, 5) is 22.6. The lowest BCUT2D eigenvalue weighted by Crippen LogP contribution is -2.41. The van der Waals surface area contributed by atoms with E-state index in [0.29, 0.717) is 4.57 Å². The Bertz CT molecular complexity index is 708. The van der Waals surface area contributed by atoms with E-state index in [-0.39, 0.29) is 13.0 Å². The van der Waals surface area contributed by atoms with E-state index in [2.05, 4.69) is 4.72 Å². The molecule has 9 heteroatoms. The fraction of sp³-hybridized carbons (Fsp3) is 0.444. The fourth-order valence-corrected chi connectivity index (χ4v) is 2.47. The van der Waals surface area contributed by atoms with Gasteiger partial charge in [-0.15, -0.1) is 0 Å². The van der Waals surface area contributed by atoms with Crippen molar-refractivity contribution in [3.63, 3.8) is 0 Å². The summed E-state index contributed by atoms with van der Waals surface area (Å²) < 4.78 is 27.4. The molecule has 0 unspecified atom stereocenters. The van der Waals surface area contributed by atoms with Crippen LogP contribution in [0.15, 0.2) is 20.7 Å². The Morgan fingerprint density at radius 1 is 1.39 bits per heavy atom. The van der Waals surface area contributed by atoms with Gasteiger partial charge in [0.25, 0.3) is 5.56 Å². The van der Waals surface area contributed by atoms with E-state index in [0.717, 1.165) is 10.8 Å². The van der Waals surface area contributed by atoms with Crippen molar-refractivity contribution in [1.82, 2.24) is 13.9 Å². The van der Waals surface area contributed by atoms with Gasteiger partial charge in [-0.1, -0.05) is 0 Å². The molecule has 0 aliphatic heterocycles. The van der Waals surface area contributed by atoms with Crippen LogP contribution >= 0.6 is 0 Å². The molecule has 1 rings (SSSR count). The van der Waals surface area contributed by atoms with Gasteiger partial charge in [-0.25, -0.2) is 17.9 Å². The maximum absolute atomic E-state index is 11.8. The molecule has 1 aromatic rings. The van der Waals surface area contributed by atoms with E-state index >= 15 is 0 Å². The van der Waals surface area contributed by atoms with Crippen LogP contribution in [0, 0.1) is 11.3 Å². The molecule has 0 saturated carbocycles. The van der Waals surface area contributed by atoms with Crippen LogP contribution in [0.3, 0.4) is 0 Å². The SMILES string of the molecule is Cn1cc(S(=O)(=O)NCCC#N)c(=O)n(C)c1=O. The van der Waals surface area contributed by atoms with Gasteiger partial charge >= 0.3 is 5.69 Å². The zero-order chi connectivity index (χ0) is 13.9. The number of aromatic nitrogens is 2. The summed E-state index contributed by atoms with van der Waals surface area (Å²) in [5.41, 5.74) is -1.52. The van der Waals surface area contributed by atoms with Gasteiger partial charge in [0, 0.05) is 33.3 Å². The Kier molecular flexibility index (Phi) is 4.05. The molecular formula is C9H12N4O4S. The van der Waals surface area contributed by atoms with E-state index in [1.807, 2.05) is 0 Å². The smallest absolute Gasteiger partial charge is 0.302 e. The highest BCUT2D eigenvalue weighted by atomic mass is 32.2. The van der Waals surface area contributed by atoms with Crippen LogP contribution in [0.2, 0.25) is 0 Å². The van der Waals surface area contributed by atoms with E-state index in [1.165, 1.54) is 14.1 Å². The third-order valence-electron chi connectivity index (χ3n) is 2.23. The highest BCUT2D eigenvalue weighted by molar-refractivity contribution is 7.89. The second-order valence-corrected chi connectivity index (χ2v) is 5.29. The van der Waals surface area contributed by atoms with E-state index in [1.54, 1.807) is 6.07 Å². The number of hydrogen-bond donors (Lipinski definition) is 1. The van der Waals surface area contributed by atoms with E-state index < -0.39 is 26.2 Å². The van der Waals surface area contributed by atoms with Gasteiger partial charge in [0.1, 0.15) is 0 Å². The molecule has 0 amide bonds. The summed E-state index contributed by atoms with van der Waals surface area (Å²) in [5, 5.41) is 8.32. The van der Waals surface area contributed by atoms with Gasteiger partial charge < -0.3 is 4.57 Å². The summed E-state index contributed by atoms with van der Waals surface area (Å²) in [6.07, 6.45) is 0.949. The van der Waals surface area contributed by atoms with Gasteiger partial charge in [-0.05, 0) is 0 Å². The first-order valence-corrected chi connectivity index (χ1v) is 6.43. The van der Waals surface area contributed by atoms with Crippen molar-refractivity contribution >= 4 is 10.0 Å². The van der Waals surface area contributed by atoms with Crippen LogP contribution in [0.25, 0.3) is 0 Å². The predicted molar refractivity (Wildman–Crippen MR) is 62.3 cm³/mol. The zero-order valence-corrected chi connectivity index (χ0v) is 10.7. The minimum atomic E-state index is -4.02. The maximum Gasteiger partial charge on any atom is 0.330 e. The van der Waals surface area contributed by atoms with Crippen molar-refractivity contribution in [3.05, 3.63) is 27.0 Å². The zero-order valence-electron chi connectivity index (χ0n) is 9.87. The molecule has 98 valence electrons. The van der Waals surface area contributed by atoms with Crippen LogP contribution in [0.1, 0.15) is 6.42 Å². The quantitative estimate of drug-likeness (QED) is 0.654. The lowest BCUT2D eigenvalue weighted by molar-refractivity contribution is 0.571. The second-order valence-electron chi connectivity index (χ2n) is 3.56. The first-order valence-electron chi connectivity index (χ1n) is 4.94. The summed E-state index contributed by atoms with van der Waals surface area (Å²) in [7, 11) is -1.48. The molecule has 1 aromatic heterocycles. The predicted octanol–water partition coefficient (Wildman–Crippen LogP) is -1.72. The molecular weight excluding hydrogens is 260 g/mol. The van der Waals surface area contributed by atoms with Gasteiger partial charge in [-0.2, -0.15) is 5.26 Å². The van der Waals surface area contributed by atoms with Crippen LogP contribution < -0.4 is 16.0 Å². The normalized spacial score (nSPS) is 11.2. The molecule has 0 aromatic carbocycles. The largest absolute Gasteiger partial charge is 0.330 e. The lowest BCUT2D eigenvalue weighted by Gasteiger charge is -2.07. The molecule has 0 radical (unpaired) electrons. The minimum Gasteiger partial charge on any atom is -0.302 e. The monoisotopic (exact) mass is 272 g/mol. The maximum atomic E-state index is 11.8. The molecule has 0 bridgehead atoms. The van der Waals surface area contributed by atoms with Crippen LogP contribution in [0.4, 0.5) is 0 Å². The topological polar surface area (TPSA) is 114 Å². The molecule has 1 heterocycles. The Labute approximate surface area is 103 Å². The highest BCUT2D eigenvalue weighted by Crippen LogP contribution is 1.99. The average Bonchev–Trinajstić information content (AvgIpc) is 2.31. The third kappa shape index (κ3) is 2.66. The van der Waals surface area contributed by atoms with Gasteiger partial charge in [-0.3, -0.25) is 9.36 Å². The molecule has 18 heavy (non-hydrogen) atoms. The summed E-state index contributed by atoms with van der Waals surface area (Å²) in [6.45, 7) is -0.0924. The number of hydrogen-bond acceptors (Lipinski definition) is 5. The average molecular weight is 272 g/mol. The van der Waals surface area contributed by atoms with Crippen LogP contribution in [-0.4, -0.2) is 24.1 Å². The number of aryl methyl sites for hydroxylation is 1. The molecule has 0 atom stereocenters. The Balaban J connectivity index is 3.31. The molecule has 0 spiro atoms. The molecule has 8 nitrogen and oxygen atoms in total. The number of rotatable bonds is 4. The van der Waals surface area contributed by atoms with Crippen molar-refractivity contribution in [3.8, 4) is 6.07 Å². The summed E-state index contributed by atoms with van der Waals surface area (Å²) >= 11 is 0. The standard InChI is InChI=1S/C9H12N4O4S/c1-12-6-7(8(14)13(2)9(12)15)18(16,17)11-5-3-4-10/h6,11H,3,5H2,1-2H3. The molecule has 0 fully saturated rings. The Hall–Kier alpha value is -1.92. The number of nitrogens with zero attached hydrogens (tertiary/aromatic N) is 3. The number of nitriles is 1. The van der Waals surface area contributed by atoms with Gasteiger partial charge in [0.2, 0.25) is 10.0 Å². The van der Waals surface area contributed by atoms with Crippen molar-refractivity contribution < 1.29 is 8.42 Å². The van der Waals surface area contributed by atoms with Gasteiger partial charge in [0.05, 0.1) is 6.07 Å². The van der Waals surface area contributed by atoms with E-state index in [9.17, 15) is 18.0 Å². The fourth-order valence-electron chi connectivity index (χ4n) is 1.28. The number of nitrogens with one attached hydrogen (secondary N) is 1. The molecule has 0 aliphatic carbocycles. The first kappa shape index (κ1) is 14.1. The van der Waals surface area contributed by atoms with Gasteiger partial charge in [0.15, 0.2) is 4.90 Å². The number of sulfonamides is 1. The third-order valence-corrected chi connectivity index (χ3v) is 3.68. The van der Waals surface area contributed by atoms with Crippen molar-refractivity contribution in [2.24, 2.45) is 14.1 Å². The van der Waals surface area contributed by atoms with Crippen molar-refractivity contribution in [1.29, 1.82) is 5.26 Å². The molecule has 0 saturated heterocycles. The summed E-state index contributed by atoms with van der Waals surface area (Å²) in [6, 6.07) is 1.77. The summed E-state index contributed by atoms with van der Waals surface area (Å²) in [5.74, 6) is 0. The van der Waals surface area contributed by atoms with Crippen LogP contribution in [0.5, 0.6) is 0 Å². The first-order chi connectivity index (χ1) is 8.31. The minimum absolute atomic E-state index is 0.00862. The van der Waals surface area contributed by atoms with Crippen molar-refractivity contribution in [2.75, 3.05) is 6.54 Å². The Morgan fingerprint density at radius 2 is 2.00 bits per heavy atom. The van der Waals surface area contributed by atoms with E-state index in [4.69, 9.17) is 5.26 Å². The molecule has 1 N–H and O–H groups in total. The highest BCUT2D eigenvalue weighted by Gasteiger charge is 2.20. The second kappa shape index (κ2) is 5.16. The molecule has 0 aliphatic rings.